The van der Waals surface area contributed by atoms with Crippen LogP contribution in [0.1, 0.15) is 31.7 Å². The van der Waals surface area contributed by atoms with Gasteiger partial charge in [-0.15, -0.1) is 0 Å². The molecule has 1 saturated heterocycles. The Hall–Kier alpha value is -1.40. The van der Waals surface area contributed by atoms with Crippen LogP contribution in [0, 0.1) is 6.92 Å². The molecule has 1 aromatic carbocycles. The SMILES string of the molecule is CCOC(=O)CC1CCCN1S(=O)(=O)c1ccc(C)cc1. The molecule has 0 spiro atoms. The lowest BCUT2D eigenvalue weighted by Gasteiger charge is -2.23. The zero-order valence-corrected chi connectivity index (χ0v) is 13.2. The first-order valence-corrected chi connectivity index (χ1v) is 8.63. The molecule has 21 heavy (non-hydrogen) atoms. The van der Waals surface area contributed by atoms with Gasteiger partial charge in [0.15, 0.2) is 0 Å². The Morgan fingerprint density at radius 3 is 2.62 bits per heavy atom. The third-order valence-corrected chi connectivity index (χ3v) is 5.62. The fraction of sp³-hybridized carbons (Fsp3) is 0.533. The van der Waals surface area contributed by atoms with E-state index in [1.807, 2.05) is 6.92 Å². The highest BCUT2D eigenvalue weighted by Crippen LogP contribution is 2.28. The van der Waals surface area contributed by atoms with Crippen LogP contribution in [-0.4, -0.2) is 37.9 Å². The van der Waals surface area contributed by atoms with Gasteiger partial charge < -0.3 is 4.74 Å². The van der Waals surface area contributed by atoms with Gasteiger partial charge in [-0.2, -0.15) is 4.31 Å². The molecule has 0 N–H and O–H groups in total. The highest BCUT2D eigenvalue weighted by Gasteiger charge is 2.36. The summed E-state index contributed by atoms with van der Waals surface area (Å²) in [6, 6.07) is 6.50. The van der Waals surface area contributed by atoms with E-state index in [-0.39, 0.29) is 23.3 Å². The summed E-state index contributed by atoms with van der Waals surface area (Å²) in [4.78, 5) is 11.9. The molecule has 5 nitrogen and oxygen atoms in total. The number of carbonyl (C=O) groups is 1. The molecule has 1 atom stereocenters. The van der Waals surface area contributed by atoms with Crippen LogP contribution in [0.2, 0.25) is 0 Å². The summed E-state index contributed by atoms with van der Waals surface area (Å²) in [6.45, 7) is 4.43. The highest BCUT2D eigenvalue weighted by atomic mass is 32.2. The average Bonchev–Trinajstić information content (AvgIpc) is 2.88. The lowest BCUT2D eigenvalue weighted by Crippen LogP contribution is -2.37. The van der Waals surface area contributed by atoms with Crippen molar-refractivity contribution in [3.05, 3.63) is 29.8 Å². The number of hydrogen-bond donors (Lipinski definition) is 0. The van der Waals surface area contributed by atoms with Crippen molar-refractivity contribution in [2.45, 2.75) is 44.0 Å². The van der Waals surface area contributed by atoms with E-state index in [0.29, 0.717) is 19.6 Å². The first-order chi connectivity index (χ1) is 9.95. The second-order valence-electron chi connectivity index (χ2n) is 5.23. The van der Waals surface area contributed by atoms with Crippen molar-refractivity contribution in [2.75, 3.05) is 13.2 Å². The number of sulfonamides is 1. The van der Waals surface area contributed by atoms with E-state index in [1.54, 1.807) is 31.2 Å². The number of carbonyl (C=O) groups excluding carboxylic acids is 1. The molecule has 0 radical (unpaired) electrons. The van der Waals surface area contributed by atoms with Gasteiger partial charge in [0.2, 0.25) is 10.0 Å². The number of nitrogens with zero attached hydrogens (tertiary/aromatic N) is 1. The molecule has 0 aliphatic carbocycles. The van der Waals surface area contributed by atoms with Gasteiger partial charge in [-0.1, -0.05) is 17.7 Å². The largest absolute Gasteiger partial charge is 0.466 e. The van der Waals surface area contributed by atoms with E-state index >= 15 is 0 Å². The quantitative estimate of drug-likeness (QED) is 0.781. The molecule has 2 rings (SSSR count). The van der Waals surface area contributed by atoms with Crippen LogP contribution in [0.15, 0.2) is 29.2 Å². The molecule has 0 aromatic heterocycles. The smallest absolute Gasteiger partial charge is 0.307 e. The molecule has 1 fully saturated rings. The van der Waals surface area contributed by atoms with Crippen LogP contribution in [0.3, 0.4) is 0 Å². The van der Waals surface area contributed by atoms with Crippen LogP contribution in [0.4, 0.5) is 0 Å². The molecule has 1 unspecified atom stereocenters. The zero-order valence-electron chi connectivity index (χ0n) is 12.4. The summed E-state index contributed by atoms with van der Waals surface area (Å²) in [6.07, 6.45) is 1.60. The second kappa shape index (κ2) is 6.58. The molecule has 6 heteroatoms. The maximum Gasteiger partial charge on any atom is 0.307 e. The summed E-state index contributed by atoms with van der Waals surface area (Å²) >= 11 is 0. The fourth-order valence-electron chi connectivity index (χ4n) is 2.59. The lowest BCUT2D eigenvalue weighted by molar-refractivity contribution is -0.143. The minimum Gasteiger partial charge on any atom is -0.466 e. The van der Waals surface area contributed by atoms with E-state index in [4.69, 9.17) is 4.74 Å². The van der Waals surface area contributed by atoms with E-state index in [0.717, 1.165) is 12.0 Å². The van der Waals surface area contributed by atoms with E-state index in [9.17, 15) is 13.2 Å². The monoisotopic (exact) mass is 311 g/mol. The molecule has 0 bridgehead atoms. The van der Waals surface area contributed by atoms with Crippen molar-refractivity contribution in [1.29, 1.82) is 0 Å². The van der Waals surface area contributed by atoms with Gasteiger partial charge in [0.1, 0.15) is 0 Å². The van der Waals surface area contributed by atoms with Crippen LogP contribution < -0.4 is 0 Å². The molecule has 1 aromatic rings. The summed E-state index contributed by atoms with van der Waals surface area (Å²) in [5.74, 6) is -0.339. The maximum absolute atomic E-state index is 12.7. The van der Waals surface area contributed by atoms with Crippen LogP contribution >= 0.6 is 0 Å². The normalized spacial score (nSPS) is 19.6. The Bertz CT molecular complexity index is 595. The number of rotatable bonds is 5. The van der Waals surface area contributed by atoms with Crippen molar-refractivity contribution >= 4 is 16.0 Å². The van der Waals surface area contributed by atoms with E-state index in [2.05, 4.69) is 0 Å². The van der Waals surface area contributed by atoms with Gasteiger partial charge in [0.25, 0.3) is 0 Å². The van der Waals surface area contributed by atoms with Crippen molar-refractivity contribution < 1.29 is 17.9 Å². The fourth-order valence-corrected chi connectivity index (χ4v) is 4.28. The Kier molecular flexibility index (Phi) is 5.00. The van der Waals surface area contributed by atoms with Gasteiger partial charge in [-0.25, -0.2) is 8.42 Å². The van der Waals surface area contributed by atoms with Crippen molar-refractivity contribution in [3.8, 4) is 0 Å². The van der Waals surface area contributed by atoms with Gasteiger partial charge in [-0.05, 0) is 38.8 Å². The summed E-state index contributed by atoms with van der Waals surface area (Å²) < 4.78 is 31.7. The minimum absolute atomic E-state index is 0.124. The summed E-state index contributed by atoms with van der Waals surface area (Å²) in [5.41, 5.74) is 1.01. The Balaban J connectivity index is 2.18. The standard InChI is InChI=1S/C15H21NO4S/c1-3-20-15(17)11-13-5-4-10-16(13)21(18,19)14-8-6-12(2)7-9-14/h6-9,13H,3-5,10-11H2,1-2H3. The van der Waals surface area contributed by atoms with E-state index < -0.39 is 10.0 Å². The molecule has 1 aliphatic heterocycles. The predicted octanol–water partition coefficient (Wildman–Crippen LogP) is 2.10. The van der Waals surface area contributed by atoms with Gasteiger partial charge in [-0.3, -0.25) is 4.79 Å². The van der Waals surface area contributed by atoms with Crippen molar-refractivity contribution in [2.24, 2.45) is 0 Å². The topological polar surface area (TPSA) is 63.7 Å². The van der Waals surface area contributed by atoms with Gasteiger partial charge >= 0.3 is 5.97 Å². The van der Waals surface area contributed by atoms with Crippen molar-refractivity contribution in [3.63, 3.8) is 0 Å². The first-order valence-electron chi connectivity index (χ1n) is 7.19. The maximum atomic E-state index is 12.7. The van der Waals surface area contributed by atoms with Gasteiger partial charge in [0.05, 0.1) is 17.9 Å². The summed E-state index contributed by atoms with van der Waals surface area (Å²) in [7, 11) is -3.54. The molecular formula is C15H21NO4S. The van der Waals surface area contributed by atoms with Crippen LogP contribution in [0.5, 0.6) is 0 Å². The van der Waals surface area contributed by atoms with Crippen LogP contribution in [0.25, 0.3) is 0 Å². The second-order valence-corrected chi connectivity index (χ2v) is 7.12. The minimum atomic E-state index is -3.54. The number of hydrogen-bond acceptors (Lipinski definition) is 4. The predicted molar refractivity (Wildman–Crippen MR) is 79.3 cm³/mol. The molecule has 1 heterocycles. The molecule has 1 aliphatic rings. The number of ether oxygens (including phenoxy) is 1. The third-order valence-electron chi connectivity index (χ3n) is 3.66. The molecule has 0 saturated carbocycles. The molecule has 0 amide bonds. The highest BCUT2D eigenvalue weighted by molar-refractivity contribution is 7.89. The molecular weight excluding hydrogens is 290 g/mol. The third kappa shape index (κ3) is 3.63. The Morgan fingerprint density at radius 2 is 2.00 bits per heavy atom. The van der Waals surface area contributed by atoms with Gasteiger partial charge in [0, 0.05) is 12.6 Å². The van der Waals surface area contributed by atoms with Crippen LogP contribution in [-0.2, 0) is 19.6 Å². The number of aryl methyl sites for hydroxylation is 1. The Labute approximate surface area is 126 Å². The van der Waals surface area contributed by atoms with E-state index in [1.165, 1.54) is 4.31 Å². The zero-order chi connectivity index (χ0) is 15.5. The average molecular weight is 311 g/mol. The number of esters is 1. The summed E-state index contributed by atoms with van der Waals surface area (Å²) in [5, 5.41) is 0. The Morgan fingerprint density at radius 1 is 1.33 bits per heavy atom. The van der Waals surface area contributed by atoms with Crippen molar-refractivity contribution in [1.82, 2.24) is 4.31 Å². The first kappa shape index (κ1) is 16.0. The lowest BCUT2D eigenvalue weighted by atomic mass is 10.2. The number of benzene rings is 1. The molecule has 116 valence electrons.